The Kier molecular flexibility index (Phi) is 2.82. The monoisotopic (exact) mass is 281 g/mol. The highest BCUT2D eigenvalue weighted by Crippen LogP contribution is 2.40. The largest absolute Gasteiger partial charge is 0.348 e. The van der Waals surface area contributed by atoms with Crippen molar-refractivity contribution in [3.63, 3.8) is 0 Å². The normalized spacial score (nSPS) is 17.0. The van der Waals surface area contributed by atoms with Crippen molar-refractivity contribution in [3.8, 4) is 0 Å². The zero-order valence-electron chi connectivity index (χ0n) is 12.1. The first-order chi connectivity index (χ1) is 10.3. The Morgan fingerprint density at radius 2 is 1.81 bits per heavy atom. The van der Waals surface area contributed by atoms with Crippen molar-refractivity contribution < 1.29 is 0 Å². The molecule has 2 aliphatic rings. The van der Waals surface area contributed by atoms with Crippen molar-refractivity contribution in [1.29, 1.82) is 0 Å². The minimum absolute atomic E-state index is 0.515. The van der Waals surface area contributed by atoms with Crippen molar-refractivity contribution >= 4 is 11.6 Å². The van der Waals surface area contributed by atoms with E-state index in [-0.39, 0.29) is 0 Å². The molecule has 1 saturated carbocycles. The number of nitrogen functional groups attached to an aromatic ring is 1. The maximum Gasteiger partial charge on any atom is 0.148 e. The van der Waals surface area contributed by atoms with Crippen LogP contribution in [-0.4, -0.2) is 9.97 Å². The Hall–Kier alpha value is -2.14. The highest BCUT2D eigenvalue weighted by Gasteiger charge is 2.30. The van der Waals surface area contributed by atoms with E-state index in [1.807, 2.05) is 6.92 Å². The van der Waals surface area contributed by atoms with Gasteiger partial charge in [0.2, 0.25) is 0 Å². The van der Waals surface area contributed by atoms with Gasteiger partial charge in [0.15, 0.2) is 0 Å². The summed E-state index contributed by atoms with van der Waals surface area (Å²) in [7, 11) is 0. The van der Waals surface area contributed by atoms with Crippen LogP contribution in [0.5, 0.6) is 0 Å². The van der Waals surface area contributed by atoms with Crippen LogP contribution in [-0.2, 0) is 13.1 Å². The number of anilines is 2. The molecule has 21 heavy (non-hydrogen) atoms. The van der Waals surface area contributed by atoms with Crippen LogP contribution in [0.3, 0.4) is 0 Å². The van der Waals surface area contributed by atoms with E-state index in [9.17, 15) is 0 Å². The number of benzene rings is 1. The summed E-state index contributed by atoms with van der Waals surface area (Å²) in [5.41, 5.74) is 6.51. The third-order valence-electron chi connectivity index (χ3n) is 4.36. The van der Waals surface area contributed by atoms with Crippen LogP contribution < -0.4 is 16.2 Å². The number of hydrogen-bond acceptors (Lipinski definition) is 5. The summed E-state index contributed by atoms with van der Waals surface area (Å²) < 4.78 is 0. The predicted octanol–water partition coefficient (Wildman–Crippen LogP) is 2.47. The van der Waals surface area contributed by atoms with Gasteiger partial charge in [0.1, 0.15) is 17.5 Å². The smallest absolute Gasteiger partial charge is 0.148 e. The van der Waals surface area contributed by atoms with Crippen LogP contribution in [0.1, 0.15) is 41.3 Å². The molecule has 0 amide bonds. The number of aromatic nitrogens is 2. The van der Waals surface area contributed by atoms with E-state index in [2.05, 4.69) is 39.6 Å². The number of nitrogens with two attached hydrogens (primary N) is 1. The second-order valence-corrected chi connectivity index (χ2v) is 5.92. The first-order valence-electron chi connectivity index (χ1n) is 7.43. The molecule has 1 aliphatic carbocycles. The SMILES string of the molecule is Cc1c(NN)nc(C2CC2)nc1N1Cc2ccccc2C1. The van der Waals surface area contributed by atoms with Gasteiger partial charge in [-0.1, -0.05) is 24.3 Å². The summed E-state index contributed by atoms with van der Waals surface area (Å²) in [5, 5.41) is 0. The van der Waals surface area contributed by atoms with Crippen LogP contribution in [0, 0.1) is 6.92 Å². The molecule has 5 heteroatoms. The lowest BCUT2D eigenvalue weighted by molar-refractivity contribution is 0.817. The summed E-state index contributed by atoms with van der Waals surface area (Å²) in [6, 6.07) is 8.57. The van der Waals surface area contributed by atoms with Gasteiger partial charge in [-0.25, -0.2) is 15.8 Å². The van der Waals surface area contributed by atoms with Crippen molar-refractivity contribution in [2.45, 2.75) is 38.8 Å². The lowest BCUT2D eigenvalue weighted by Gasteiger charge is -2.21. The van der Waals surface area contributed by atoms with Gasteiger partial charge in [0.25, 0.3) is 0 Å². The number of nitrogens with zero attached hydrogens (tertiary/aromatic N) is 3. The summed E-state index contributed by atoms with van der Waals surface area (Å²) in [6.45, 7) is 3.84. The molecule has 1 aliphatic heterocycles. The van der Waals surface area contributed by atoms with Crippen molar-refractivity contribution in [2.75, 3.05) is 10.3 Å². The fraction of sp³-hybridized carbons (Fsp3) is 0.375. The molecule has 2 heterocycles. The minimum atomic E-state index is 0.515. The van der Waals surface area contributed by atoms with E-state index in [0.717, 1.165) is 36.1 Å². The van der Waals surface area contributed by atoms with Gasteiger partial charge in [-0.2, -0.15) is 0 Å². The lowest BCUT2D eigenvalue weighted by atomic mass is 10.1. The van der Waals surface area contributed by atoms with Gasteiger partial charge >= 0.3 is 0 Å². The maximum atomic E-state index is 5.63. The molecule has 0 spiro atoms. The second-order valence-electron chi connectivity index (χ2n) is 5.92. The molecule has 0 atom stereocenters. The van der Waals surface area contributed by atoms with Gasteiger partial charge in [-0.3, -0.25) is 0 Å². The van der Waals surface area contributed by atoms with Gasteiger partial charge < -0.3 is 10.3 Å². The third kappa shape index (κ3) is 2.14. The molecule has 5 nitrogen and oxygen atoms in total. The van der Waals surface area contributed by atoms with E-state index in [1.54, 1.807) is 0 Å². The Labute approximate surface area is 124 Å². The molecule has 4 rings (SSSR count). The Morgan fingerprint density at radius 1 is 1.14 bits per heavy atom. The lowest BCUT2D eigenvalue weighted by Crippen LogP contribution is -2.21. The number of nitrogens with one attached hydrogen (secondary N) is 1. The van der Waals surface area contributed by atoms with Gasteiger partial charge in [0.05, 0.1) is 0 Å². The zero-order valence-corrected chi connectivity index (χ0v) is 12.1. The standard InChI is InChI=1S/C16H19N5/c1-10-14(20-17)18-15(11-6-7-11)19-16(10)21-8-12-4-2-3-5-13(12)9-21/h2-5,11H,6-9,17H2,1H3,(H,18,19,20). The van der Waals surface area contributed by atoms with Crippen LogP contribution in [0.25, 0.3) is 0 Å². The summed E-state index contributed by atoms with van der Waals surface area (Å²) in [4.78, 5) is 11.7. The molecule has 0 unspecified atom stereocenters. The van der Waals surface area contributed by atoms with E-state index in [0.29, 0.717) is 5.92 Å². The van der Waals surface area contributed by atoms with Gasteiger partial charge in [-0.05, 0) is 30.9 Å². The summed E-state index contributed by atoms with van der Waals surface area (Å²) in [5.74, 6) is 8.84. The predicted molar refractivity (Wildman–Crippen MR) is 82.9 cm³/mol. The molecular formula is C16H19N5. The molecule has 0 radical (unpaired) electrons. The number of rotatable bonds is 3. The van der Waals surface area contributed by atoms with Gasteiger partial charge in [0, 0.05) is 24.6 Å². The average Bonchev–Trinajstić information content (AvgIpc) is 3.26. The molecule has 1 aromatic heterocycles. The Morgan fingerprint density at radius 3 is 2.38 bits per heavy atom. The third-order valence-corrected chi connectivity index (χ3v) is 4.36. The number of hydrogen-bond donors (Lipinski definition) is 2. The summed E-state index contributed by atoms with van der Waals surface area (Å²) in [6.07, 6.45) is 2.37. The van der Waals surface area contributed by atoms with Crippen molar-refractivity contribution in [1.82, 2.24) is 9.97 Å². The zero-order chi connectivity index (χ0) is 14.4. The minimum Gasteiger partial charge on any atom is -0.348 e. The van der Waals surface area contributed by atoms with E-state index in [4.69, 9.17) is 10.8 Å². The molecule has 1 aromatic carbocycles. The molecule has 3 N–H and O–H groups in total. The molecule has 108 valence electrons. The second kappa shape index (κ2) is 4.70. The highest BCUT2D eigenvalue weighted by molar-refractivity contribution is 5.60. The first-order valence-corrected chi connectivity index (χ1v) is 7.43. The maximum absolute atomic E-state index is 5.63. The van der Waals surface area contributed by atoms with Crippen LogP contribution in [0.15, 0.2) is 24.3 Å². The average molecular weight is 281 g/mol. The molecule has 0 saturated heterocycles. The van der Waals surface area contributed by atoms with Crippen LogP contribution in [0.2, 0.25) is 0 Å². The molecular weight excluding hydrogens is 262 g/mol. The van der Waals surface area contributed by atoms with E-state index in [1.165, 1.54) is 24.0 Å². The number of hydrazine groups is 1. The Balaban J connectivity index is 1.73. The van der Waals surface area contributed by atoms with E-state index < -0.39 is 0 Å². The molecule has 1 fully saturated rings. The van der Waals surface area contributed by atoms with Crippen LogP contribution in [0.4, 0.5) is 11.6 Å². The summed E-state index contributed by atoms with van der Waals surface area (Å²) >= 11 is 0. The highest BCUT2D eigenvalue weighted by atomic mass is 15.3. The quantitative estimate of drug-likeness (QED) is 0.668. The van der Waals surface area contributed by atoms with Crippen LogP contribution >= 0.6 is 0 Å². The van der Waals surface area contributed by atoms with Crippen molar-refractivity contribution in [2.24, 2.45) is 5.84 Å². The first kappa shape index (κ1) is 12.6. The topological polar surface area (TPSA) is 67.1 Å². The van der Waals surface area contributed by atoms with E-state index >= 15 is 0 Å². The van der Waals surface area contributed by atoms with Crippen molar-refractivity contribution in [3.05, 3.63) is 46.8 Å². The Bertz CT molecular complexity index is 668. The fourth-order valence-electron chi connectivity index (χ4n) is 2.98. The van der Waals surface area contributed by atoms with Gasteiger partial charge in [-0.15, -0.1) is 0 Å². The molecule has 2 aromatic rings. The number of fused-ring (bicyclic) bond motifs is 1. The fourth-order valence-corrected chi connectivity index (χ4v) is 2.98. The molecule has 0 bridgehead atoms.